The van der Waals surface area contributed by atoms with Gasteiger partial charge in [0.25, 0.3) is 0 Å². The number of hydrogen-bond donors (Lipinski definition) is 2. The average Bonchev–Trinajstić information content (AvgIpc) is 2.55. The first-order valence-electron chi connectivity index (χ1n) is 4.79. The van der Waals surface area contributed by atoms with Crippen molar-refractivity contribution in [1.82, 2.24) is 15.5 Å². The molecule has 0 spiro atoms. The summed E-state index contributed by atoms with van der Waals surface area (Å²) in [6.45, 7) is 3.84. The summed E-state index contributed by atoms with van der Waals surface area (Å²) in [6, 6.07) is 0.287. The van der Waals surface area contributed by atoms with Crippen molar-refractivity contribution in [3.8, 4) is 0 Å². The highest BCUT2D eigenvalue weighted by Crippen LogP contribution is 1.99. The van der Waals surface area contributed by atoms with Crippen LogP contribution >= 0.6 is 0 Å². The molecule has 2 atom stereocenters. The molecule has 0 aliphatic carbocycles. The van der Waals surface area contributed by atoms with Crippen LogP contribution in [-0.4, -0.2) is 50.1 Å². The number of carbonyl (C=O) groups is 1. The van der Waals surface area contributed by atoms with Crippen molar-refractivity contribution in [1.29, 1.82) is 0 Å². The largest absolute Gasteiger partial charge is 0.351 e. The van der Waals surface area contributed by atoms with E-state index in [0.29, 0.717) is 6.04 Å². The molecule has 1 heterocycles. The van der Waals surface area contributed by atoms with Crippen LogP contribution in [0.25, 0.3) is 0 Å². The third-order valence-corrected chi connectivity index (χ3v) is 2.56. The van der Waals surface area contributed by atoms with Gasteiger partial charge in [0.15, 0.2) is 0 Å². The molecule has 0 radical (unpaired) electrons. The zero-order chi connectivity index (χ0) is 9.84. The Balaban J connectivity index is 2.31. The van der Waals surface area contributed by atoms with Crippen LogP contribution in [0.2, 0.25) is 0 Å². The quantitative estimate of drug-likeness (QED) is 0.618. The van der Waals surface area contributed by atoms with E-state index in [9.17, 15) is 4.79 Å². The highest BCUT2D eigenvalue weighted by molar-refractivity contribution is 5.81. The minimum Gasteiger partial charge on any atom is -0.351 e. The smallest absolute Gasteiger partial charge is 0.237 e. The maximum absolute atomic E-state index is 11.6. The summed E-state index contributed by atoms with van der Waals surface area (Å²) < 4.78 is 0. The van der Waals surface area contributed by atoms with Gasteiger partial charge in [0.05, 0.1) is 6.04 Å². The van der Waals surface area contributed by atoms with Crippen LogP contribution in [-0.2, 0) is 4.79 Å². The van der Waals surface area contributed by atoms with E-state index in [1.165, 1.54) is 0 Å². The molecule has 4 heteroatoms. The SMILES string of the molecule is C[C@@H](C(=O)NC1CCNC1)N(C)C. The van der Waals surface area contributed by atoms with Crippen LogP contribution in [0.4, 0.5) is 0 Å². The molecule has 1 saturated heterocycles. The lowest BCUT2D eigenvalue weighted by Crippen LogP contribution is -2.46. The summed E-state index contributed by atoms with van der Waals surface area (Å²) in [5.41, 5.74) is 0. The molecule has 1 rings (SSSR count). The number of hydrogen-bond acceptors (Lipinski definition) is 3. The van der Waals surface area contributed by atoms with Crippen LogP contribution in [0.1, 0.15) is 13.3 Å². The Morgan fingerprint density at radius 2 is 2.31 bits per heavy atom. The molecule has 1 fully saturated rings. The zero-order valence-electron chi connectivity index (χ0n) is 8.63. The molecule has 4 nitrogen and oxygen atoms in total. The Labute approximate surface area is 79.7 Å². The van der Waals surface area contributed by atoms with Gasteiger partial charge in [-0.25, -0.2) is 0 Å². The van der Waals surface area contributed by atoms with Gasteiger partial charge in [-0.2, -0.15) is 0 Å². The molecule has 0 bridgehead atoms. The molecule has 1 unspecified atom stereocenters. The van der Waals surface area contributed by atoms with E-state index in [1.54, 1.807) is 0 Å². The summed E-state index contributed by atoms with van der Waals surface area (Å²) in [6.07, 6.45) is 1.05. The van der Waals surface area contributed by atoms with Crippen LogP contribution < -0.4 is 10.6 Å². The number of amides is 1. The van der Waals surface area contributed by atoms with E-state index < -0.39 is 0 Å². The molecule has 0 aromatic carbocycles. The Morgan fingerprint density at radius 1 is 1.62 bits per heavy atom. The number of likely N-dealkylation sites (N-methyl/N-ethyl adjacent to an activating group) is 1. The van der Waals surface area contributed by atoms with Gasteiger partial charge in [-0.15, -0.1) is 0 Å². The van der Waals surface area contributed by atoms with Gasteiger partial charge in [-0.1, -0.05) is 0 Å². The fourth-order valence-electron chi connectivity index (χ4n) is 1.33. The van der Waals surface area contributed by atoms with Crippen LogP contribution in [0, 0.1) is 0 Å². The lowest BCUT2D eigenvalue weighted by molar-refractivity contribution is -0.125. The fourth-order valence-corrected chi connectivity index (χ4v) is 1.33. The van der Waals surface area contributed by atoms with Gasteiger partial charge in [0.1, 0.15) is 0 Å². The molecule has 0 aromatic heterocycles. The van der Waals surface area contributed by atoms with Crippen molar-refractivity contribution >= 4 is 5.91 Å². The standard InChI is InChI=1S/C9H19N3O/c1-7(12(2)3)9(13)11-8-4-5-10-6-8/h7-8,10H,4-6H2,1-3H3,(H,11,13)/t7-,8?/m0/s1. The summed E-state index contributed by atoms with van der Waals surface area (Å²) in [5, 5.41) is 6.23. The first kappa shape index (κ1) is 10.5. The predicted molar refractivity (Wildman–Crippen MR) is 52.6 cm³/mol. The monoisotopic (exact) mass is 185 g/mol. The zero-order valence-corrected chi connectivity index (χ0v) is 8.63. The van der Waals surface area contributed by atoms with Gasteiger partial charge in [0.2, 0.25) is 5.91 Å². The Morgan fingerprint density at radius 3 is 2.77 bits per heavy atom. The molecule has 1 aliphatic heterocycles. The van der Waals surface area contributed by atoms with Crippen molar-refractivity contribution in [2.24, 2.45) is 0 Å². The molecule has 1 amide bonds. The van der Waals surface area contributed by atoms with Crippen LogP contribution in [0.15, 0.2) is 0 Å². The maximum Gasteiger partial charge on any atom is 0.237 e. The van der Waals surface area contributed by atoms with Gasteiger partial charge in [-0.05, 0) is 34.0 Å². The van der Waals surface area contributed by atoms with Crippen molar-refractivity contribution in [3.63, 3.8) is 0 Å². The van der Waals surface area contributed by atoms with Gasteiger partial charge in [-0.3, -0.25) is 9.69 Å². The third-order valence-electron chi connectivity index (χ3n) is 2.56. The molecule has 0 saturated carbocycles. The maximum atomic E-state index is 11.6. The summed E-state index contributed by atoms with van der Waals surface area (Å²) >= 11 is 0. The first-order valence-corrected chi connectivity index (χ1v) is 4.79. The van der Waals surface area contributed by atoms with Crippen molar-refractivity contribution in [3.05, 3.63) is 0 Å². The van der Waals surface area contributed by atoms with Gasteiger partial charge in [0, 0.05) is 12.6 Å². The van der Waals surface area contributed by atoms with Gasteiger partial charge >= 0.3 is 0 Å². The van der Waals surface area contributed by atoms with Crippen molar-refractivity contribution in [2.45, 2.75) is 25.4 Å². The topological polar surface area (TPSA) is 44.4 Å². The summed E-state index contributed by atoms with van der Waals surface area (Å²) in [4.78, 5) is 13.5. The highest BCUT2D eigenvalue weighted by atomic mass is 16.2. The van der Waals surface area contributed by atoms with E-state index >= 15 is 0 Å². The van der Waals surface area contributed by atoms with E-state index in [4.69, 9.17) is 0 Å². The Bertz CT molecular complexity index is 176. The second-order valence-corrected chi connectivity index (χ2v) is 3.84. The number of carbonyl (C=O) groups excluding carboxylic acids is 1. The van der Waals surface area contributed by atoms with Crippen LogP contribution in [0.3, 0.4) is 0 Å². The first-order chi connectivity index (χ1) is 6.11. The normalized spacial score (nSPS) is 24.8. The predicted octanol–water partition coefficient (Wildman–Crippen LogP) is -0.585. The van der Waals surface area contributed by atoms with E-state index in [-0.39, 0.29) is 11.9 Å². The third kappa shape index (κ3) is 2.97. The van der Waals surface area contributed by atoms with Crippen LogP contribution in [0.5, 0.6) is 0 Å². The second-order valence-electron chi connectivity index (χ2n) is 3.84. The van der Waals surface area contributed by atoms with Crippen molar-refractivity contribution in [2.75, 3.05) is 27.2 Å². The van der Waals surface area contributed by atoms with Crippen molar-refractivity contribution < 1.29 is 4.79 Å². The second kappa shape index (κ2) is 4.58. The molecule has 0 aromatic rings. The molecule has 13 heavy (non-hydrogen) atoms. The van der Waals surface area contributed by atoms with E-state index in [0.717, 1.165) is 19.5 Å². The fraction of sp³-hybridized carbons (Fsp3) is 0.889. The molecular formula is C9H19N3O. The number of rotatable bonds is 3. The van der Waals surface area contributed by atoms with E-state index in [1.807, 2.05) is 25.9 Å². The summed E-state index contributed by atoms with van der Waals surface area (Å²) in [5.74, 6) is 0.124. The molecular weight excluding hydrogens is 166 g/mol. The number of nitrogens with one attached hydrogen (secondary N) is 2. The highest BCUT2D eigenvalue weighted by Gasteiger charge is 2.20. The minimum atomic E-state index is -0.0411. The minimum absolute atomic E-state index is 0.0411. The number of nitrogens with zero attached hydrogens (tertiary/aromatic N) is 1. The Hall–Kier alpha value is -0.610. The molecule has 2 N–H and O–H groups in total. The van der Waals surface area contributed by atoms with Gasteiger partial charge < -0.3 is 10.6 Å². The molecule has 76 valence electrons. The summed E-state index contributed by atoms with van der Waals surface area (Å²) in [7, 11) is 3.83. The molecule has 1 aliphatic rings. The van der Waals surface area contributed by atoms with E-state index in [2.05, 4.69) is 10.6 Å². The average molecular weight is 185 g/mol. The lowest BCUT2D eigenvalue weighted by atomic mass is 10.2. The lowest BCUT2D eigenvalue weighted by Gasteiger charge is -2.21. The Kier molecular flexibility index (Phi) is 3.69.